The average molecular weight is 262 g/mol. The fourth-order valence-electron chi connectivity index (χ4n) is 3.30. The summed E-state index contributed by atoms with van der Waals surface area (Å²) in [4.78, 5) is 13.6. The van der Waals surface area contributed by atoms with Crippen LogP contribution in [0, 0.1) is 0 Å². The van der Waals surface area contributed by atoms with Gasteiger partial charge in [0, 0.05) is 38.3 Å². The van der Waals surface area contributed by atoms with Gasteiger partial charge in [-0.1, -0.05) is 0 Å². The Bertz CT molecular complexity index is 439. The molecule has 2 fully saturated rings. The number of likely N-dealkylation sites (N-methyl/N-ethyl adjacent to an activating group) is 1. The van der Waals surface area contributed by atoms with Crippen LogP contribution in [0.2, 0.25) is 0 Å². The number of rotatable bonds is 3. The van der Waals surface area contributed by atoms with Gasteiger partial charge >= 0.3 is 0 Å². The molecule has 19 heavy (non-hydrogen) atoms. The first-order valence-electron chi connectivity index (χ1n) is 7.04. The van der Waals surface area contributed by atoms with Gasteiger partial charge in [-0.2, -0.15) is 0 Å². The number of nitrogens with zero attached hydrogens (tertiary/aromatic N) is 4. The zero-order chi connectivity index (χ0) is 13.2. The Morgan fingerprint density at radius 3 is 2.95 bits per heavy atom. The van der Waals surface area contributed by atoms with Gasteiger partial charge in [0.2, 0.25) is 0 Å². The van der Waals surface area contributed by atoms with Crippen LogP contribution in [0.25, 0.3) is 0 Å². The number of hydrogen-bond donors (Lipinski definition) is 0. The van der Waals surface area contributed by atoms with Crippen LogP contribution < -0.4 is 4.90 Å². The van der Waals surface area contributed by atoms with Gasteiger partial charge in [0.05, 0.1) is 12.3 Å². The Balaban J connectivity index is 1.77. The third kappa shape index (κ3) is 2.58. The first-order valence-corrected chi connectivity index (χ1v) is 7.04. The Kier molecular flexibility index (Phi) is 3.66. The van der Waals surface area contributed by atoms with Crippen LogP contribution in [-0.2, 0) is 11.3 Å². The summed E-state index contributed by atoms with van der Waals surface area (Å²) in [6.45, 7) is 2.72. The van der Waals surface area contributed by atoms with Crippen molar-refractivity contribution in [3.8, 4) is 0 Å². The summed E-state index contributed by atoms with van der Waals surface area (Å²) in [6, 6.07) is 3.49. The second-order valence-corrected chi connectivity index (χ2v) is 5.59. The number of anilines is 1. The molecule has 5 nitrogen and oxygen atoms in total. The van der Waals surface area contributed by atoms with E-state index in [0.29, 0.717) is 12.6 Å². The molecule has 3 heterocycles. The molecule has 2 aliphatic rings. The van der Waals surface area contributed by atoms with Crippen molar-refractivity contribution in [2.45, 2.75) is 38.0 Å². The van der Waals surface area contributed by atoms with Crippen molar-refractivity contribution in [3.05, 3.63) is 18.1 Å². The van der Waals surface area contributed by atoms with Crippen LogP contribution in [0.5, 0.6) is 0 Å². The second-order valence-electron chi connectivity index (χ2n) is 5.59. The topological polar surface area (TPSA) is 41.5 Å². The molecule has 0 saturated carbocycles. The molecule has 5 heteroatoms. The maximum atomic E-state index is 5.14. The van der Waals surface area contributed by atoms with Crippen molar-refractivity contribution in [2.24, 2.45) is 0 Å². The molecule has 0 aliphatic carbocycles. The van der Waals surface area contributed by atoms with Gasteiger partial charge in [-0.05, 0) is 26.3 Å². The molecular weight excluding hydrogens is 240 g/mol. The van der Waals surface area contributed by atoms with Gasteiger partial charge in [0.1, 0.15) is 12.1 Å². The van der Waals surface area contributed by atoms with Gasteiger partial charge in [0.25, 0.3) is 0 Å². The predicted molar refractivity (Wildman–Crippen MR) is 74.1 cm³/mol. The molecule has 0 aromatic carbocycles. The molecule has 0 unspecified atom stereocenters. The molecule has 2 bridgehead atoms. The highest BCUT2D eigenvalue weighted by Crippen LogP contribution is 2.30. The van der Waals surface area contributed by atoms with Gasteiger partial charge in [0.15, 0.2) is 0 Å². The summed E-state index contributed by atoms with van der Waals surface area (Å²) in [7, 11) is 3.96. The van der Waals surface area contributed by atoms with E-state index in [2.05, 4.69) is 32.9 Å². The fraction of sp³-hybridized carbons (Fsp3) is 0.714. The van der Waals surface area contributed by atoms with E-state index in [0.717, 1.165) is 30.6 Å². The van der Waals surface area contributed by atoms with Gasteiger partial charge in [-0.3, -0.25) is 4.90 Å². The number of fused-ring (bicyclic) bond motifs is 2. The van der Waals surface area contributed by atoms with Crippen molar-refractivity contribution in [2.75, 3.05) is 32.1 Å². The zero-order valence-electron chi connectivity index (χ0n) is 11.7. The lowest BCUT2D eigenvalue weighted by molar-refractivity contribution is 0.181. The van der Waals surface area contributed by atoms with Crippen LogP contribution in [0.1, 0.15) is 25.0 Å². The second kappa shape index (κ2) is 5.43. The highest BCUT2D eigenvalue weighted by molar-refractivity contribution is 5.39. The summed E-state index contributed by atoms with van der Waals surface area (Å²) < 4.78 is 5.14. The minimum Gasteiger partial charge on any atom is -0.378 e. The smallest absolute Gasteiger partial charge is 0.132 e. The first-order chi connectivity index (χ1) is 9.28. The average Bonchev–Trinajstić information content (AvgIpc) is 2.64. The summed E-state index contributed by atoms with van der Waals surface area (Å²) in [5, 5.41) is 0. The van der Waals surface area contributed by atoms with Crippen LogP contribution in [0.15, 0.2) is 12.4 Å². The maximum absolute atomic E-state index is 5.14. The zero-order valence-corrected chi connectivity index (χ0v) is 11.7. The highest BCUT2D eigenvalue weighted by atomic mass is 16.5. The van der Waals surface area contributed by atoms with Crippen molar-refractivity contribution in [3.63, 3.8) is 0 Å². The maximum Gasteiger partial charge on any atom is 0.132 e. The van der Waals surface area contributed by atoms with E-state index in [9.17, 15) is 0 Å². The van der Waals surface area contributed by atoms with E-state index < -0.39 is 0 Å². The third-order valence-corrected chi connectivity index (χ3v) is 4.47. The molecule has 104 valence electrons. The van der Waals surface area contributed by atoms with Crippen molar-refractivity contribution in [1.82, 2.24) is 14.9 Å². The quantitative estimate of drug-likeness (QED) is 0.821. The number of ether oxygens (including phenoxy) is 1. The van der Waals surface area contributed by atoms with Gasteiger partial charge in [-0.15, -0.1) is 0 Å². The van der Waals surface area contributed by atoms with Gasteiger partial charge < -0.3 is 9.64 Å². The predicted octanol–water partition coefficient (Wildman–Crippen LogP) is 1.30. The molecular formula is C14H22N4O. The minimum absolute atomic E-state index is 0.551. The van der Waals surface area contributed by atoms with Crippen LogP contribution in [0.3, 0.4) is 0 Å². The summed E-state index contributed by atoms with van der Waals surface area (Å²) in [5.74, 6) is 1.04. The van der Waals surface area contributed by atoms with E-state index >= 15 is 0 Å². The molecule has 1 aromatic heterocycles. The van der Waals surface area contributed by atoms with Crippen LogP contribution in [-0.4, -0.2) is 54.2 Å². The van der Waals surface area contributed by atoms with E-state index in [1.807, 2.05) is 0 Å². The van der Waals surface area contributed by atoms with Crippen molar-refractivity contribution < 1.29 is 4.74 Å². The molecule has 0 amide bonds. The number of aromatic nitrogens is 2. The SMILES string of the molecule is COCc1cc(N2CC[C@@H]3CC[C@H](C2)N3C)ncn1. The van der Waals surface area contributed by atoms with Crippen molar-refractivity contribution in [1.29, 1.82) is 0 Å². The lowest BCUT2D eigenvalue weighted by Gasteiger charge is -2.26. The Labute approximate surface area is 114 Å². The molecule has 0 spiro atoms. The lowest BCUT2D eigenvalue weighted by atomic mass is 10.1. The molecule has 2 aliphatic heterocycles. The van der Waals surface area contributed by atoms with E-state index in [1.54, 1.807) is 13.4 Å². The normalized spacial score (nSPS) is 27.6. The van der Waals surface area contributed by atoms with Crippen molar-refractivity contribution >= 4 is 5.82 Å². The fourth-order valence-corrected chi connectivity index (χ4v) is 3.30. The van der Waals surface area contributed by atoms with E-state index in [-0.39, 0.29) is 0 Å². The largest absolute Gasteiger partial charge is 0.378 e. The van der Waals surface area contributed by atoms with E-state index in [4.69, 9.17) is 4.74 Å². The monoisotopic (exact) mass is 262 g/mol. The lowest BCUT2D eigenvalue weighted by Crippen LogP contribution is -2.37. The summed E-state index contributed by atoms with van der Waals surface area (Å²) in [5.41, 5.74) is 0.954. The van der Waals surface area contributed by atoms with Crippen LogP contribution >= 0.6 is 0 Å². The molecule has 0 radical (unpaired) electrons. The van der Waals surface area contributed by atoms with Crippen LogP contribution in [0.4, 0.5) is 5.82 Å². The number of methoxy groups -OCH3 is 1. The Morgan fingerprint density at radius 1 is 1.26 bits per heavy atom. The Morgan fingerprint density at radius 2 is 2.11 bits per heavy atom. The molecule has 0 N–H and O–H groups in total. The van der Waals surface area contributed by atoms with Gasteiger partial charge in [-0.25, -0.2) is 9.97 Å². The minimum atomic E-state index is 0.551. The molecule has 3 rings (SSSR count). The molecule has 2 saturated heterocycles. The third-order valence-electron chi connectivity index (χ3n) is 4.47. The summed E-state index contributed by atoms with van der Waals surface area (Å²) >= 11 is 0. The molecule has 2 atom stereocenters. The number of hydrogen-bond acceptors (Lipinski definition) is 5. The highest BCUT2D eigenvalue weighted by Gasteiger charge is 2.34. The Hall–Kier alpha value is -1.20. The van der Waals surface area contributed by atoms with E-state index in [1.165, 1.54) is 19.3 Å². The summed E-state index contributed by atoms with van der Waals surface area (Å²) in [6.07, 6.45) is 5.55. The first kappa shape index (κ1) is 12.8. The standard InChI is InChI=1S/C14H22N4O/c1-17-12-3-4-13(17)8-18(6-5-12)14-7-11(9-19-2)15-10-16-14/h7,10,12-13H,3-6,8-9H2,1-2H3/t12-,13+/m0/s1. The molecule has 1 aromatic rings.